The molecule has 1 atom stereocenters. The number of β-amino-alcohol motifs (C(OH)–C–C–N with tert-alkyl or cyclic N) is 1. The number of hydrogen-bond acceptors (Lipinski definition) is 4. The van der Waals surface area contributed by atoms with Crippen molar-refractivity contribution in [2.45, 2.75) is 51.6 Å². The van der Waals surface area contributed by atoms with Crippen LogP contribution < -0.4 is 10.5 Å². The molecule has 25 heavy (non-hydrogen) atoms. The lowest BCUT2D eigenvalue weighted by Gasteiger charge is -2.32. The zero-order valence-corrected chi connectivity index (χ0v) is 15.7. The highest BCUT2D eigenvalue weighted by Crippen LogP contribution is 2.24. The standard InChI is InChI=1S/C20H32N2O3/c1-20(2,3)16-4-6-18(7-5-16)25-14-17(23)13-22-10-8-15(9-11-22)12-19(21)24/h4-7,15,17,23H,8-14H2,1-3H3,(H2,21,24). The number of likely N-dealkylation sites (tertiary alicyclic amines) is 1. The quantitative estimate of drug-likeness (QED) is 0.793. The maximum Gasteiger partial charge on any atom is 0.217 e. The molecule has 1 amide bonds. The van der Waals surface area contributed by atoms with Crippen molar-refractivity contribution < 1.29 is 14.6 Å². The summed E-state index contributed by atoms with van der Waals surface area (Å²) < 4.78 is 5.71. The minimum absolute atomic E-state index is 0.124. The average Bonchev–Trinajstić information content (AvgIpc) is 2.54. The maximum atomic E-state index is 11.0. The summed E-state index contributed by atoms with van der Waals surface area (Å²) in [4.78, 5) is 13.2. The lowest BCUT2D eigenvalue weighted by molar-refractivity contribution is -0.119. The largest absolute Gasteiger partial charge is 0.491 e. The molecule has 140 valence electrons. The Labute approximate surface area is 151 Å². The Balaban J connectivity index is 1.71. The van der Waals surface area contributed by atoms with Crippen molar-refractivity contribution in [1.29, 1.82) is 0 Å². The van der Waals surface area contributed by atoms with Gasteiger partial charge in [-0.2, -0.15) is 0 Å². The molecule has 0 radical (unpaired) electrons. The lowest BCUT2D eigenvalue weighted by Crippen LogP contribution is -2.41. The molecule has 1 aliphatic rings. The van der Waals surface area contributed by atoms with E-state index in [4.69, 9.17) is 10.5 Å². The van der Waals surface area contributed by atoms with E-state index in [9.17, 15) is 9.90 Å². The normalized spacial score (nSPS) is 18.1. The Hall–Kier alpha value is -1.59. The third kappa shape index (κ3) is 6.67. The Morgan fingerprint density at radius 3 is 2.40 bits per heavy atom. The van der Waals surface area contributed by atoms with Gasteiger partial charge in [0.2, 0.25) is 5.91 Å². The molecule has 1 aromatic carbocycles. The zero-order valence-electron chi connectivity index (χ0n) is 15.7. The van der Waals surface area contributed by atoms with Gasteiger partial charge in [0.25, 0.3) is 0 Å². The smallest absolute Gasteiger partial charge is 0.217 e. The number of primary amides is 1. The van der Waals surface area contributed by atoms with Crippen molar-refractivity contribution in [1.82, 2.24) is 4.90 Å². The van der Waals surface area contributed by atoms with Crippen molar-refractivity contribution in [3.8, 4) is 5.75 Å². The number of aliphatic hydroxyl groups excluding tert-OH is 1. The molecule has 5 heteroatoms. The molecule has 5 nitrogen and oxygen atoms in total. The number of ether oxygens (including phenoxy) is 1. The molecule has 0 saturated carbocycles. The first-order valence-corrected chi connectivity index (χ1v) is 9.16. The van der Waals surface area contributed by atoms with Crippen molar-refractivity contribution in [2.75, 3.05) is 26.2 Å². The van der Waals surface area contributed by atoms with Gasteiger partial charge in [-0.05, 0) is 55.0 Å². The van der Waals surface area contributed by atoms with Crippen LogP contribution in [0.5, 0.6) is 5.75 Å². The van der Waals surface area contributed by atoms with Crippen LogP contribution in [0.2, 0.25) is 0 Å². The van der Waals surface area contributed by atoms with Gasteiger partial charge in [0.15, 0.2) is 0 Å². The molecule has 0 spiro atoms. The predicted octanol–water partition coefficient (Wildman–Crippen LogP) is 2.31. The summed E-state index contributed by atoms with van der Waals surface area (Å²) >= 11 is 0. The van der Waals surface area contributed by atoms with Crippen LogP contribution in [0.25, 0.3) is 0 Å². The topological polar surface area (TPSA) is 75.8 Å². The highest BCUT2D eigenvalue weighted by atomic mass is 16.5. The lowest BCUT2D eigenvalue weighted by atomic mass is 9.87. The van der Waals surface area contributed by atoms with E-state index in [0.29, 0.717) is 18.9 Å². The first kappa shape index (κ1) is 19.7. The summed E-state index contributed by atoms with van der Waals surface area (Å²) in [6.45, 7) is 9.22. The third-order valence-electron chi connectivity index (χ3n) is 4.83. The van der Waals surface area contributed by atoms with Gasteiger partial charge >= 0.3 is 0 Å². The summed E-state index contributed by atoms with van der Waals surface area (Å²) in [5.41, 5.74) is 6.64. The van der Waals surface area contributed by atoms with E-state index in [2.05, 4.69) is 37.8 Å². The minimum atomic E-state index is -0.519. The van der Waals surface area contributed by atoms with Crippen molar-refractivity contribution in [3.63, 3.8) is 0 Å². The number of aliphatic hydroxyl groups is 1. The molecule has 1 heterocycles. The molecule has 1 aromatic rings. The number of carbonyl (C=O) groups is 1. The van der Waals surface area contributed by atoms with Gasteiger partial charge in [0.1, 0.15) is 18.5 Å². The number of rotatable bonds is 7. The summed E-state index contributed by atoms with van der Waals surface area (Å²) in [5.74, 6) is 0.958. The van der Waals surface area contributed by atoms with Gasteiger partial charge < -0.3 is 20.5 Å². The Morgan fingerprint density at radius 2 is 1.88 bits per heavy atom. The van der Waals surface area contributed by atoms with Crippen LogP contribution >= 0.6 is 0 Å². The van der Waals surface area contributed by atoms with Crippen LogP contribution in [0.15, 0.2) is 24.3 Å². The van der Waals surface area contributed by atoms with Crippen LogP contribution in [-0.2, 0) is 10.2 Å². The molecule has 2 rings (SSSR count). The zero-order chi connectivity index (χ0) is 18.4. The molecular formula is C20H32N2O3. The van der Waals surface area contributed by atoms with E-state index < -0.39 is 6.10 Å². The van der Waals surface area contributed by atoms with E-state index in [1.807, 2.05) is 12.1 Å². The number of nitrogens with zero attached hydrogens (tertiary/aromatic N) is 1. The number of amides is 1. The first-order valence-electron chi connectivity index (χ1n) is 9.16. The predicted molar refractivity (Wildman–Crippen MR) is 99.6 cm³/mol. The van der Waals surface area contributed by atoms with Gasteiger partial charge in [-0.25, -0.2) is 0 Å². The fourth-order valence-electron chi connectivity index (χ4n) is 3.25. The number of nitrogens with two attached hydrogens (primary N) is 1. The third-order valence-corrected chi connectivity index (χ3v) is 4.83. The van der Waals surface area contributed by atoms with Crippen LogP contribution in [0.1, 0.15) is 45.6 Å². The van der Waals surface area contributed by atoms with Crippen molar-refractivity contribution in [2.24, 2.45) is 11.7 Å². The van der Waals surface area contributed by atoms with E-state index in [-0.39, 0.29) is 17.9 Å². The minimum Gasteiger partial charge on any atom is -0.491 e. The highest BCUT2D eigenvalue weighted by molar-refractivity contribution is 5.73. The number of piperidine rings is 1. The monoisotopic (exact) mass is 348 g/mol. The second-order valence-corrected chi connectivity index (χ2v) is 8.15. The molecular weight excluding hydrogens is 316 g/mol. The second kappa shape index (κ2) is 8.68. The van der Waals surface area contributed by atoms with E-state index >= 15 is 0 Å². The molecule has 0 aliphatic carbocycles. The van der Waals surface area contributed by atoms with E-state index in [0.717, 1.165) is 31.7 Å². The van der Waals surface area contributed by atoms with E-state index in [1.54, 1.807) is 0 Å². The van der Waals surface area contributed by atoms with Gasteiger partial charge in [-0.15, -0.1) is 0 Å². The van der Waals surface area contributed by atoms with Crippen LogP contribution in [-0.4, -0.2) is 48.3 Å². The Morgan fingerprint density at radius 1 is 1.28 bits per heavy atom. The Bertz CT molecular complexity index is 543. The number of hydrogen-bond donors (Lipinski definition) is 2. The summed E-state index contributed by atoms with van der Waals surface area (Å²) in [6, 6.07) is 8.07. The number of carbonyl (C=O) groups excluding carboxylic acids is 1. The molecule has 0 bridgehead atoms. The van der Waals surface area contributed by atoms with Crippen LogP contribution in [0.3, 0.4) is 0 Å². The number of benzene rings is 1. The average molecular weight is 348 g/mol. The second-order valence-electron chi connectivity index (χ2n) is 8.15. The molecule has 0 aromatic heterocycles. The van der Waals surface area contributed by atoms with Crippen molar-refractivity contribution in [3.05, 3.63) is 29.8 Å². The fourth-order valence-corrected chi connectivity index (χ4v) is 3.25. The molecule has 1 unspecified atom stereocenters. The first-order chi connectivity index (χ1) is 11.7. The van der Waals surface area contributed by atoms with Gasteiger partial charge in [-0.1, -0.05) is 32.9 Å². The molecule has 1 saturated heterocycles. The summed E-state index contributed by atoms with van der Waals surface area (Å²) in [7, 11) is 0. The van der Waals surface area contributed by atoms with Crippen molar-refractivity contribution >= 4 is 5.91 Å². The summed E-state index contributed by atoms with van der Waals surface area (Å²) in [5, 5.41) is 10.2. The molecule has 1 fully saturated rings. The SMILES string of the molecule is CC(C)(C)c1ccc(OCC(O)CN2CCC(CC(N)=O)CC2)cc1. The summed E-state index contributed by atoms with van der Waals surface area (Å²) in [6.07, 6.45) is 1.88. The maximum absolute atomic E-state index is 11.0. The molecule has 1 aliphatic heterocycles. The van der Waals surface area contributed by atoms with Crippen LogP contribution in [0, 0.1) is 5.92 Å². The fraction of sp³-hybridized carbons (Fsp3) is 0.650. The Kier molecular flexibility index (Phi) is 6.85. The highest BCUT2D eigenvalue weighted by Gasteiger charge is 2.22. The van der Waals surface area contributed by atoms with Crippen LogP contribution in [0.4, 0.5) is 0 Å². The van der Waals surface area contributed by atoms with Gasteiger partial charge in [0.05, 0.1) is 0 Å². The van der Waals surface area contributed by atoms with Gasteiger partial charge in [-0.3, -0.25) is 4.79 Å². The molecule has 3 N–H and O–H groups in total. The van der Waals surface area contributed by atoms with E-state index in [1.165, 1.54) is 5.56 Å². The van der Waals surface area contributed by atoms with Gasteiger partial charge in [0, 0.05) is 13.0 Å².